The summed E-state index contributed by atoms with van der Waals surface area (Å²) in [7, 11) is 0. The normalized spacial score (nSPS) is 15.4. The number of aromatic amines is 2. The highest BCUT2D eigenvalue weighted by Crippen LogP contribution is 2.25. The number of aryl methyl sites for hydroxylation is 1. The van der Waals surface area contributed by atoms with Gasteiger partial charge < -0.3 is 24.5 Å². The second-order valence-electron chi connectivity index (χ2n) is 9.02. The smallest absolute Gasteiger partial charge is 0.267 e. The first-order valence-corrected chi connectivity index (χ1v) is 13.8. The highest BCUT2D eigenvalue weighted by Gasteiger charge is 2.22. The molecule has 0 bridgehead atoms. The lowest BCUT2D eigenvalue weighted by Crippen LogP contribution is -2.33. The summed E-state index contributed by atoms with van der Waals surface area (Å²) < 4.78 is 11.6. The van der Waals surface area contributed by atoms with Gasteiger partial charge in [-0.15, -0.1) is 22.0 Å². The molecule has 9 nitrogen and oxygen atoms in total. The Labute approximate surface area is 220 Å². The van der Waals surface area contributed by atoms with Crippen LogP contribution in [0.3, 0.4) is 0 Å². The topological polar surface area (TPSA) is 112 Å². The van der Waals surface area contributed by atoms with Crippen LogP contribution in [0.25, 0.3) is 11.5 Å². The summed E-state index contributed by atoms with van der Waals surface area (Å²) in [5.74, 6) is 3.56. The summed E-state index contributed by atoms with van der Waals surface area (Å²) in [4.78, 5) is 14.0. The van der Waals surface area contributed by atoms with Crippen LogP contribution in [0.4, 0.5) is 5.69 Å². The van der Waals surface area contributed by atoms with Gasteiger partial charge in [-0.05, 0) is 62.2 Å². The molecular formula is C27H32N6O3S. The molecule has 3 heterocycles. The highest BCUT2D eigenvalue weighted by atomic mass is 32.2. The molecule has 0 saturated carbocycles. The fourth-order valence-corrected chi connectivity index (χ4v) is 5.04. The molecule has 1 unspecified atom stereocenters. The van der Waals surface area contributed by atoms with E-state index in [4.69, 9.17) is 9.15 Å². The number of hydrogen-bond donors (Lipinski definition) is 3. The number of anilines is 1. The van der Waals surface area contributed by atoms with Crippen molar-refractivity contribution >= 4 is 17.4 Å². The van der Waals surface area contributed by atoms with Crippen molar-refractivity contribution in [1.82, 2.24) is 25.7 Å². The zero-order valence-corrected chi connectivity index (χ0v) is 21.5. The van der Waals surface area contributed by atoms with E-state index in [-0.39, 0.29) is 5.56 Å². The molecule has 1 atom stereocenters. The lowest BCUT2D eigenvalue weighted by atomic mass is 10.2. The molecule has 194 valence electrons. The van der Waals surface area contributed by atoms with Crippen LogP contribution in [0, 0.1) is 0 Å². The minimum Gasteiger partial charge on any atom is -0.493 e. The minimum absolute atomic E-state index is 0.0178. The number of ether oxygens (including phenoxy) is 1. The average Bonchev–Trinajstić information content (AvgIpc) is 3.69. The lowest BCUT2D eigenvalue weighted by molar-refractivity contribution is 0.344. The zero-order chi connectivity index (χ0) is 25.3. The van der Waals surface area contributed by atoms with Crippen LogP contribution < -0.4 is 20.5 Å². The lowest BCUT2D eigenvalue weighted by Gasteiger charge is -2.19. The number of nitrogens with one attached hydrogen (secondary N) is 3. The molecule has 0 aliphatic carbocycles. The van der Waals surface area contributed by atoms with Crippen molar-refractivity contribution in [1.29, 1.82) is 0 Å². The van der Waals surface area contributed by atoms with Gasteiger partial charge in [0.25, 0.3) is 5.56 Å². The van der Waals surface area contributed by atoms with Crippen molar-refractivity contribution in [2.45, 2.75) is 31.1 Å². The standard InChI is InChI=1S/C27H32N6O3S/c34-26-21(17-29-31-26)5-4-13-28-22-12-14-33(18-22)23-10-8-20(9-11-23)27-32-30-25(36-27)19-37-16-15-35-24-6-2-1-3-7-24/h1-3,6-11,17,22,28H,4-5,12-16,18-19H2,(H2,29,31,34). The van der Waals surface area contributed by atoms with Crippen molar-refractivity contribution in [3.63, 3.8) is 0 Å². The highest BCUT2D eigenvalue weighted by molar-refractivity contribution is 7.98. The Bertz CT molecular complexity index is 1290. The molecule has 1 saturated heterocycles. The van der Waals surface area contributed by atoms with Gasteiger partial charge in [0.2, 0.25) is 11.8 Å². The van der Waals surface area contributed by atoms with E-state index in [2.05, 4.69) is 42.7 Å². The molecule has 0 radical (unpaired) electrons. The predicted molar refractivity (Wildman–Crippen MR) is 146 cm³/mol. The van der Waals surface area contributed by atoms with E-state index in [1.165, 1.54) is 5.69 Å². The number of rotatable bonds is 13. The van der Waals surface area contributed by atoms with Crippen molar-refractivity contribution in [3.05, 3.63) is 82.6 Å². The van der Waals surface area contributed by atoms with Gasteiger partial charge in [0.1, 0.15) is 5.75 Å². The van der Waals surface area contributed by atoms with Crippen LogP contribution in [0.1, 0.15) is 24.3 Å². The van der Waals surface area contributed by atoms with E-state index in [9.17, 15) is 4.79 Å². The molecule has 1 fully saturated rings. The first kappa shape index (κ1) is 25.2. The molecular weight excluding hydrogens is 488 g/mol. The van der Waals surface area contributed by atoms with Gasteiger partial charge in [0.05, 0.1) is 12.4 Å². The van der Waals surface area contributed by atoms with Gasteiger partial charge in [-0.2, -0.15) is 0 Å². The zero-order valence-electron chi connectivity index (χ0n) is 20.7. The molecule has 0 spiro atoms. The van der Waals surface area contributed by atoms with E-state index >= 15 is 0 Å². The molecule has 5 rings (SSSR count). The number of hydrogen-bond acceptors (Lipinski definition) is 8. The second-order valence-corrected chi connectivity index (χ2v) is 10.1. The SMILES string of the molecule is O=c1[nH][nH]cc1CCCNC1CCN(c2ccc(-c3nnc(CSCCOc4ccccc4)o3)cc2)C1. The van der Waals surface area contributed by atoms with Crippen LogP contribution >= 0.6 is 11.8 Å². The first-order valence-electron chi connectivity index (χ1n) is 12.7. The maximum absolute atomic E-state index is 11.6. The van der Waals surface area contributed by atoms with Crippen molar-refractivity contribution in [3.8, 4) is 17.2 Å². The van der Waals surface area contributed by atoms with E-state index in [1.54, 1.807) is 18.0 Å². The Morgan fingerprint density at radius 3 is 2.81 bits per heavy atom. The third-order valence-electron chi connectivity index (χ3n) is 6.38. The summed E-state index contributed by atoms with van der Waals surface area (Å²) in [6.07, 6.45) is 4.58. The number of thioether (sulfide) groups is 1. The quantitative estimate of drug-likeness (QED) is 0.228. The maximum atomic E-state index is 11.6. The van der Waals surface area contributed by atoms with Crippen LogP contribution in [0.15, 0.2) is 70.0 Å². The molecule has 2 aromatic carbocycles. The molecule has 1 aliphatic heterocycles. The molecule has 10 heteroatoms. The summed E-state index contributed by atoms with van der Waals surface area (Å²) in [5, 5.41) is 17.4. The minimum atomic E-state index is -0.0178. The summed E-state index contributed by atoms with van der Waals surface area (Å²) in [6, 6.07) is 18.6. The Hall–Kier alpha value is -3.50. The first-order chi connectivity index (χ1) is 18.2. The third-order valence-corrected chi connectivity index (χ3v) is 7.29. The Morgan fingerprint density at radius 1 is 1.14 bits per heavy atom. The van der Waals surface area contributed by atoms with Gasteiger partial charge in [0, 0.05) is 47.9 Å². The van der Waals surface area contributed by atoms with Crippen LogP contribution in [-0.2, 0) is 12.2 Å². The number of H-pyrrole nitrogens is 2. The molecule has 4 aromatic rings. The van der Waals surface area contributed by atoms with E-state index in [1.807, 2.05) is 42.5 Å². The van der Waals surface area contributed by atoms with Crippen LogP contribution in [-0.4, -0.2) is 58.4 Å². The fraction of sp³-hybridized carbons (Fsp3) is 0.370. The van der Waals surface area contributed by atoms with Gasteiger partial charge in [-0.25, -0.2) is 0 Å². The van der Waals surface area contributed by atoms with Crippen LogP contribution in [0.5, 0.6) is 5.75 Å². The predicted octanol–water partition coefficient (Wildman–Crippen LogP) is 3.87. The largest absolute Gasteiger partial charge is 0.493 e. The van der Waals surface area contributed by atoms with Crippen LogP contribution in [0.2, 0.25) is 0 Å². The van der Waals surface area contributed by atoms with E-state index in [0.717, 1.165) is 61.5 Å². The van der Waals surface area contributed by atoms with Crippen molar-refractivity contribution < 1.29 is 9.15 Å². The average molecular weight is 521 g/mol. The Kier molecular flexibility index (Phi) is 8.60. The number of aromatic nitrogens is 4. The molecule has 0 amide bonds. The van der Waals surface area contributed by atoms with E-state index in [0.29, 0.717) is 30.2 Å². The Balaban J connectivity index is 1.02. The Morgan fingerprint density at radius 2 is 2.00 bits per heavy atom. The van der Waals surface area contributed by atoms with E-state index < -0.39 is 0 Å². The molecule has 2 aromatic heterocycles. The fourth-order valence-electron chi connectivity index (χ4n) is 4.40. The number of nitrogens with zero attached hydrogens (tertiary/aromatic N) is 3. The van der Waals surface area contributed by atoms with Crippen molar-refractivity contribution in [2.24, 2.45) is 0 Å². The van der Waals surface area contributed by atoms with Gasteiger partial charge in [0.15, 0.2) is 0 Å². The van der Waals surface area contributed by atoms with Crippen molar-refractivity contribution in [2.75, 3.05) is 36.9 Å². The third kappa shape index (κ3) is 7.05. The summed E-state index contributed by atoms with van der Waals surface area (Å²) in [6.45, 7) is 3.53. The molecule has 3 N–H and O–H groups in total. The molecule has 1 aliphatic rings. The summed E-state index contributed by atoms with van der Waals surface area (Å²) in [5.41, 5.74) is 2.92. The monoisotopic (exact) mass is 520 g/mol. The number of para-hydroxylation sites is 1. The molecule has 37 heavy (non-hydrogen) atoms. The number of benzene rings is 2. The van der Waals surface area contributed by atoms with Gasteiger partial charge in [-0.3, -0.25) is 9.89 Å². The van der Waals surface area contributed by atoms with Gasteiger partial charge >= 0.3 is 0 Å². The maximum Gasteiger partial charge on any atom is 0.267 e. The second kappa shape index (κ2) is 12.6. The summed E-state index contributed by atoms with van der Waals surface area (Å²) >= 11 is 1.71. The van der Waals surface area contributed by atoms with Gasteiger partial charge in [-0.1, -0.05) is 18.2 Å².